The third-order valence-corrected chi connectivity index (χ3v) is 11.3. The van der Waals surface area contributed by atoms with Gasteiger partial charge in [-0.15, -0.1) is 0 Å². The summed E-state index contributed by atoms with van der Waals surface area (Å²) >= 11 is 0. The summed E-state index contributed by atoms with van der Waals surface area (Å²) in [5.74, 6) is 0.851. The Hall–Kier alpha value is -2.76. The van der Waals surface area contributed by atoms with E-state index in [9.17, 15) is 13.2 Å². The maximum absolute atomic E-state index is 14.4. The lowest BCUT2D eigenvalue weighted by Crippen LogP contribution is -2.63. The van der Waals surface area contributed by atoms with Gasteiger partial charge in [0.1, 0.15) is 17.1 Å². The molecule has 0 spiro atoms. The van der Waals surface area contributed by atoms with Gasteiger partial charge in [0, 0.05) is 44.2 Å². The van der Waals surface area contributed by atoms with Crippen LogP contribution in [0.4, 0.5) is 0 Å². The van der Waals surface area contributed by atoms with Gasteiger partial charge in [-0.05, 0) is 71.7 Å². The Bertz CT molecular complexity index is 1710. The number of sulfonamides is 1. The maximum atomic E-state index is 14.4. The molecule has 0 bridgehead atoms. The largest absolute Gasteiger partial charge is 0.490 e. The summed E-state index contributed by atoms with van der Waals surface area (Å²) < 4.78 is 39.9. The number of rotatable bonds is 10. The average molecular weight is 629 g/mol. The highest BCUT2D eigenvalue weighted by molar-refractivity contribution is 7.89. The monoisotopic (exact) mass is 628 g/mol. The van der Waals surface area contributed by atoms with Crippen molar-refractivity contribution in [1.29, 1.82) is 0 Å². The zero-order valence-corrected chi connectivity index (χ0v) is 29.6. The maximum Gasteiger partial charge on any atom is 0.279 e. The lowest BCUT2D eigenvalue weighted by atomic mass is 9.84. The second-order valence-corrected chi connectivity index (χ2v) is 15.7. The van der Waals surface area contributed by atoms with Crippen molar-refractivity contribution in [1.82, 2.24) is 28.5 Å². The Morgan fingerprint density at radius 3 is 2.39 bits per heavy atom. The molecule has 4 rings (SSSR count). The van der Waals surface area contributed by atoms with Crippen LogP contribution in [0.2, 0.25) is 0 Å². The lowest BCUT2D eigenvalue weighted by molar-refractivity contribution is 0.0165. The third-order valence-electron chi connectivity index (χ3n) is 9.30. The van der Waals surface area contributed by atoms with Gasteiger partial charge < -0.3 is 4.74 Å². The number of aryl methyl sites for hydroxylation is 2. The van der Waals surface area contributed by atoms with Crippen LogP contribution >= 0.6 is 0 Å². The number of ether oxygens (including phenoxy) is 1. The van der Waals surface area contributed by atoms with Crippen molar-refractivity contribution in [3.05, 3.63) is 33.7 Å². The summed E-state index contributed by atoms with van der Waals surface area (Å²) in [6.07, 6.45) is 2.46. The standard InChI is InChI=1S/C33H52N6O4S/c1-13-16-32(7,8)29-27-28(37(12)35-29)31(40)36(11)30(34-27)24-18-26(21(4)17-25(24)43-23(6)14-2)44(41,42)38-19-22(5)39(15-3)33(9,10)20-38/h17-18,22-23H,13-16,19-20H2,1-12H3. The highest BCUT2D eigenvalue weighted by Crippen LogP contribution is 2.38. The minimum Gasteiger partial charge on any atom is -0.490 e. The molecule has 1 aromatic carbocycles. The average Bonchev–Trinajstić information content (AvgIpc) is 3.27. The second-order valence-electron chi connectivity index (χ2n) is 13.8. The van der Waals surface area contributed by atoms with Crippen LogP contribution in [0.25, 0.3) is 22.4 Å². The molecule has 10 nitrogen and oxygen atoms in total. The van der Waals surface area contributed by atoms with Crippen molar-refractivity contribution >= 4 is 21.1 Å². The highest BCUT2D eigenvalue weighted by atomic mass is 32.2. The Morgan fingerprint density at radius 2 is 1.82 bits per heavy atom. The summed E-state index contributed by atoms with van der Waals surface area (Å²) in [7, 11) is -0.451. The number of likely N-dealkylation sites (N-methyl/N-ethyl adjacent to an activating group) is 1. The molecule has 0 N–H and O–H groups in total. The summed E-state index contributed by atoms with van der Waals surface area (Å²) in [5.41, 5.74) is 1.89. The van der Waals surface area contributed by atoms with E-state index in [1.165, 1.54) is 4.57 Å². The fourth-order valence-electron chi connectivity index (χ4n) is 6.89. The van der Waals surface area contributed by atoms with Crippen LogP contribution in [0.5, 0.6) is 5.75 Å². The first-order chi connectivity index (χ1) is 20.4. The summed E-state index contributed by atoms with van der Waals surface area (Å²) in [4.78, 5) is 21.5. The zero-order chi connectivity index (χ0) is 32.9. The molecule has 0 radical (unpaired) electrons. The fraction of sp³-hybridized carbons (Fsp3) is 0.667. The van der Waals surface area contributed by atoms with Crippen molar-refractivity contribution in [3.8, 4) is 17.1 Å². The molecular weight excluding hydrogens is 576 g/mol. The van der Waals surface area contributed by atoms with Gasteiger partial charge in [-0.1, -0.05) is 41.0 Å². The predicted molar refractivity (Wildman–Crippen MR) is 177 cm³/mol. The zero-order valence-electron chi connectivity index (χ0n) is 28.8. The van der Waals surface area contributed by atoms with Crippen LogP contribution in [0.3, 0.4) is 0 Å². The van der Waals surface area contributed by atoms with E-state index in [0.29, 0.717) is 46.8 Å². The summed E-state index contributed by atoms with van der Waals surface area (Å²) in [6.45, 7) is 22.2. The quantitative estimate of drug-likeness (QED) is 0.297. The third kappa shape index (κ3) is 5.95. The summed E-state index contributed by atoms with van der Waals surface area (Å²) in [5, 5.41) is 4.77. The summed E-state index contributed by atoms with van der Waals surface area (Å²) in [6, 6.07) is 3.51. The molecule has 1 aliphatic heterocycles. The number of aromatic nitrogens is 4. The highest BCUT2D eigenvalue weighted by Gasteiger charge is 2.42. The molecule has 3 heterocycles. The number of nitrogens with zero attached hydrogens (tertiary/aromatic N) is 6. The molecule has 1 fully saturated rings. The van der Waals surface area contributed by atoms with Crippen LogP contribution in [-0.2, 0) is 29.5 Å². The van der Waals surface area contributed by atoms with Crippen LogP contribution in [0, 0.1) is 6.92 Å². The van der Waals surface area contributed by atoms with Gasteiger partial charge in [0.2, 0.25) is 10.0 Å². The van der Waals surface area contributed by atoms with E-state index < -0.39 is 10.0 Å². The molecule has 11 heteroatoms. The number of benzene rings is 1. The van der Waals surface area contributed by atoms with Crippen molar-refractivity contribution in [3.63, 3.8) is 0 Å². The van der Waals surface area contributed by atoms with E-state index in [4.69, 9.17) is 14.8 Å². The van der Waals surface area contributed by atoms with Gasteiger partial charge in [0.15, 0.2) is 5.52 Å². The molecule has 2 aromatic heterocycles. The molecule has 0 amide bonds. The first kappa shape index (κ1) is 34.1. The van der Waals surface area contributed by atoms with Gasteiger partial charge in [-0.25, -0.2) is 13.4 Å². The normalized spacial score (nSPS) is 19.0. The molecule has 244 valence electrons. The Balaban J connectivity index is 1.99. The smallest absolute Gasteiger partial charge is 0.279 e. The fourth-order valence-corrected chi connectivity index (χ4v) is 8.79. The van der Waals surface area contributed by atoms with Crippen molar-refractivity contribution in [2.45, 2.75) is 116 Å². The second kappa shape index (κ2) is 12.2. The van der Waals surface area contributed by atoms with Gasteiger partial charge in [0.25, 0.3) is 5.56 Å². The Kier molecular flexibility index (Phi) is 9.47. The van der Waals surface area contributed by atoms with Crippen molar-refractivity contribution in [2.75, 3.05) is 19.6 Å². The minimum atomic E-state index is -3.89. The SMILES string of the molecule is CCCC(C)(C)c1nn(C)c2c(=O)n(C)c(-c3cc(S(=O)(=O)N4CC(C)N(CC)C(C)(C)C4)c(C)cc3OC(C)CC)nc12. The molecule has 44 heavy (non-hydrogen) atoms. The van der Waals surface area contributed by atoms with Crippen LogP contribution in [0.1, 0.15) is 92.8 Å². The minimum absolute atomic E-state index is 0.0617. The molecule has 2 atom stereocenters. The molecule has 0 aliphatic carbocycles. The predicted octanol–water partition coefficient (Wildman–Crippen LogP) is 5.39. The van der Waals surface area contributed by atoms with E-state index in [2.05, 4.69) is 53.4 Å². The number of piperazine rings is 1. The molecule has 3 aromatic rings. The molecule has 1 aliphatic rings. The van der Waals surface area contributed by atoms with Gasteiger partial charge in [-0.2, -0.15) is 9.40 Å². The molecule has 0 saturated carbocycles. The first-order valence-electron chi connectivity index (χ1n) is 15.9. The number of hydrogen-bond acceptors (Lipinski definition) is 7. The van der Waals surface area contributed by atoms with E-state index in [1.807, 2.05) is 13.8 Å². The van der Waals surface area contributed by atoms with E-state index in [1.54, 1.807) is 42.1 Å². The first-order valence-corrected chi connectivity index (χ1v) is 17.4. The van der Waals surface area contributed by atoms with Crippen LogP contribution < -0.4 is 10.3 Å². The molecule has 2 unspecified atom stereocenters. The van der Waals surface area contributed by atoms with Crippen LogP contribution in [-0.4, -0.2) is 74.3 Å². The number of fused-ring (bicyclic) bond motifs is 1. The van der Waals surface area contributed by atoms with Crippen molar-refractivity contribution in [2.24, 2.45) is 14.1 Å². The van der Waals surface area contributed by atoms with E-state index in [-0.39, 0.29) is 33.6 Å². The van der Waals surface area contributed by atoms with Crippen LogP contribution in [0.15, 0.2) is 21.8 Å². The van der Waals surface area contributed by atoms with Gasteiger partial charge >= 0.3 is 0 Å². The molecule has 1 saturated heterocycles. The number of hydrogen-bond donors (Lipinski definition) is 0. The Morgan fingerprint density at radius 1 is 1.16 bits per heavy atom. The molecular formula is C33H52N6O4S. The Labute approximate surface area is 263 Å². The topological polar surface area (TPSA) is 103 Å². The van der Waals surface area contributed by atoms with Gasteiger partial charge in [-0.3, -0.25) is 18.9 Å². The lowest BCUT2D eigenvalue weighted by Gasteiger charge is -2.50. The van der Waals surface area contributed by atoms with Gasteiger partial charge in [0.05, 0.1) is 22.3 Å². The van der Waals surface area contributed by atoms with Crippen molar-refractivity contribution < 1.29 is 13.2 Å². The van der Waals surface area contributed by atoms with E-state index >= 15 is 0 Å². The van der Waals surface area contributed by atoms with E-state index in [0.717, 1.165) is 31.5 Å².